The fourth-order valence-electron chi connectivity index (χ4n) is 3.36. The van der Waals surface area contributed by atoms with Crippen molar-refractivity contribution in [1.82, 2.24) is 19.9 Å². The van der Waals surface area contributed by atoms with Crippen molar-refractivity contribution in [3.05, 3.63) is 128 Å². The molecule has 0 atom stereocenters. The molecule has 2 N–H and O–H groups in total. The van der Waals surface area contributed by atoms with Gasteiger partial charge in [0.15, 0.2) is 0 Å². The van der Waals surface area contributed by atoms with E-state index in [4.69, 9.17) is 30.6 Å². The van der Waals surface area contributed by atoms with Gasteiger partial charge in [-0.15, -0.1) is 0 Å². The standard InChI is InChI=1S/2C12H8N2.Co.2NO3.H2O/c2*1-3-9-5-6-10-4-2-8-14-12(10)11(9)13-7-1;;2*2-1(3)4;/h2*1-8H;;;;1H2/q;;+2;2*-1;. The number of nitrogens with zero attached hydrogens (tertiary/aromatic N) is 6. The molecule has 1 radical (unpaired) electrons. The van der Waals surface area contributed by atoms with Gasteiger partial charge < -0.3 is 36.1 Å². The number of hydrogen-bond donors (Lipinski definition) is 0. The summed E-state index contributed by atoms with van der Waals surface area (Å²) in [5, 5.41) is 34.1. The van der Waals surface area contributed by atoms with Gasteiger partial charge in [0, 0.05) is 46.3 Å². The Morgan fingerprint density at radius 1 is 0.447 bits per heavy atom. The molecule has 0 spiro atoms. The molecule has 0 amide bonds. The zero-order valence-electron chi connectivity index (χ0n) is 19.2. The summed E-state index contributed by atoms with van der Waals surface area (Å²) in [5.74, 6) is 0. The number of aromatic nitrogens is 4. The van der Waals surface area contributed by atoms with Crippen LogP contribution in [0.2, 0.25) is 0 Å². The van der Waals surface area contributed by atoms with Gasteiger partial charge in [-0.05, 0) is 24.3 Å². The molecule has 38 heavy (non-hydrogen) atoms. The van der Waals surface area contributed by atoms with Crippen LogP contribution in [0, 0.1) is 30.6 Å². The van der Waals surface area contributed by atoms with Gasteiger partial charge in [-0.3, -0.25) is 19.9 Å². The molecule has 0 aliphatic heterocycles. The predicted octanol–water partition coefficient (Wildman–Crippen LogP) is 4.26. The molecule has 13 nitrogen and oxygen atoms in total. The molecule has 4 heterocycles. The summed E-state index contributed by atoms with van der Waals surface area (Å²) in [7, 11) is 0. The Morgan fingerprint density at radius 2 is 0.632 bits per heavy atom. The predicted molar refractivity (Wildman–Crippen MR) is 138 cm³/mol. The fraction of sp³-hybridized carbons (Fsp3) is 0. The number of hydrogen-bond acceptors (Lipinski definition) is 10. The van der Waals surface area contributed by atoms with Crippen molar-refractivity contribution in [2.75, 3.05) is 0 Å². The molecule has 0 saturated carbocycles. The zero-order valence-corrected chi connectivity index (χ0v) is 20.2. The number of pyridine rings is 4. The van der Waals surface area contributed by atoms with Gasteiger partial charge in [0.05, 0.1) is 32.2 Å². The van der Waals surface area contributed by atoms with Gasteiger partial charge in [0.25, 0.3) is 0 Å². The van der Waals surface area contributed by atoms with Gasteiger partial charge in [0.1, 0.15) is 0 Å². The molecular formula is C24H18CoN6O7. The first-order chi connectivity index (χ1) is 17.4. The third-order valence-electron chi connectivity index (χ3n) is 4.69. The molecule has 0 aliphatic rings. The number of rotatable bonds is 0. The van der Waals surface area contributed by atoms with Crippen LogP contribution in [-0.4, -0.2) is 35.6 Å². The third kappa shape index (κ3) is 8.56. The summed E-state index contributed by atoms with van der Waals surface area (Å²) in [6.07, 6.45) is 7.21. The van der Waals surface area contributed by atoms with Crippen molar-refractivity contribution >= 4 is 43.6 Å². The largest absolute Gasteiger partial charge is 2.00 e. The Bertz CT molecular complexity index is 1410. The Morgan fingerprint density at radius 3 is 0.816 bits per heavy atom. The first kappa shape index (κ1) is 31.0. The van der Waals surface area contributed by atoms with Crippen LogP contribution < -0.4 is 0 Å². The molecule has 4 aromatic heterocycles. The second-order valence-corrected chi connectivity index (χ2v) is 6.88. The van der Waals surface area contributed by atoms with Gasteiger partial charge in [-0.25, -0.2) is 0 Å². The molecule has 0 unspecified atom stereocenters. The Balaban J connectivity index is 0.000000287. The zero-order chi connectivity index (χ0) is 25.9. The van der Waals surface area contributed by atoms with Crippen LogP contribution in [-0.2, 0) is 16.8 Å². The maximum Gasteiger partial charge on any atom is 2.00 e. The minimum atomic E-state index is -1.75. The Labute approximate surface area is 224 Å². The van der Waals surface area contributed by atoms with Crippen LogP contribution in [0.3, 0.4) is 0 Å². The first-order valence-electron chi connectivity index (χ1n) is 10.2. The van der Waals surface area contributed by atoms with E-state index in [-0.39, 0.29) is 22.3 Å². The maximum atomic E-state index is 8.25. The normalized spacial score (nSPS) is 9.26. The Kier molecular flexibility index (Phi) is 12.3. The van der Waals surface area contributed by atoms with E-state index in [0.717, 1.165) is 43.6 Å². The van der Waals surface area contributed by atoms with Crippen LogP contribution in [0.4, 0.5) is 0 Å². The van der Waals surface area contributed by atoms with Gasteiger partial charge in [-0.1, -0.05) is 48.5 Å². The van der Waals surface area contributed by atoms with Gasteiger partial charge >= 0.3 is 16.8 Å². The van der Waals surface area contributed by atoms with E-state index in [1.807, 2.05) is 24.3 Å². The monoisotopic (exact) mass is 561 g/mol. The van der Waals surface area contributed by atoms with Crippen LogP contribution in [0.1, 0.15) is 0 Å². The average molecular weight is 561 g/mol. The molecule has 0 fully saturated rings. The van der Waals surface area contributed by atoms with E-state index < -0.39 is 10.2 Å². The topological polar surface area (TPSA) is 215 Å². The van der Waals surface area contributed by atoms with Crippen molar-refractivity contribution in [3.8, 4) is 0 Å². The molecule has 2 aromatic carbocycles. The quantitative estimate of drug-likeness (QED) is 0.146. The Hall–Kier alpha value is -5.05. The van der Waals surface area contributed by atoms with Gasteiger partial charge in [0.2, 0.25) is 0 Å². The SMILES string of the molecule is O.O=[N+]([O-])[O-].O=[N+]([O-])[O-].[Co+2].c1cnc2c(c1)ccc1cccnc12.c1cnc2c(c1)ccc1cccnc12. The molecule has 0 aliphatic carbocycles. The molecule has 6 rings (SSSR count). The molecule has 14 heteroatoms. The van der Waals surface area contributed by atoms with Gasteiger partial charge in [-0.2, -0.15) is 0 Å². The van der Waals surface area contributed by atoms with E-state index in [0.29, 0.717) is 0 Å². The second-order valence-electron chi connectivity index (χ2n) is 6.88. The molecular weight excluding hydrogens is 543 g/mol. The molecule has 6 aromatic rings. The van der Waals surface area contributed by atoms with Crippen molar-refractivity contribution < 1.29 is 32.4 Å². The summed E-state index contributed by atoms with van der Waals surface area (Å²) in [6, 6.07) is 24.3. The minimum Gasteiger partial charge on any atom is -0.412 e. The summed E-state index contributed by atoms with van der Waals surface area (Å²) in [4.78, 5) is 33.9. The van der Waals surface area contributed by atoms with E-state index >= 15 is 0 Å². The summed E-state index contributed by atoms with van der Waals surface area (Å²) in [6.45, 7) is 0. The van der Waals surface area contributed by atoms with Crippen molar-refractivity contribution in [2.45, 2.75) is 0 Å². The maximum absolute atomic E-state index is 8.25. The summed E-state index contributed by atoms with van der Waals surface area (Å²) in [5.41, 5.74) is 3.91. The van der Waals surface area contributed by atoms with E-state index in [2.05, 4.69) is 68.5 Å². The number of benzene rings is 2. The van der Waals surface area contributed by atoms with Crippen LogP contribution >= 0.6 is 0 Å². The van der Waals surface area contributed by atoms with Crippen LogP contribution in [0.15, 0.2) is 97.6 Å². The van der Waals surface area contributed by atoms with E-state index in [1.165, 1.54) is 0 Å². The molecule has 195 valence electrons. The smallest absolute Gasteiger partial charge is 0.412 e. The van der Waals surface area contributed by atoms with Crippen LogP contribution in [0.5, 0.6) is 0 Å². The summed E-state index contributed by atoms with van der Waals surface area (Å²) >= 11 is 0. The van der Waals surface area contributed by atoms with Crippen molar-refractivity contribution in [2.24, 2.45) is 0 Å². The van der Waals surface area contributed by atoms with E-state index in [1.54, 1.807) is 24.8 Å². The van der Waals surface area contributed by atoms with Crippen molar-refractivity contribution in [1.29, 1.82) is 0 Å². The molecule has 0 saturated heterocycles. The average Bonchev–Trinajstić information content (AvgIpc) is 2.88. The van der Waals surface area contributed by atoms with Crippen LogP contribution in [0.25, 0.3) is 43.6 Å². The number of fused-ring (bicyclic) bond motifs is 6. The van der Waals surface area contributed by atoms with Crippen molar-refractivity contribution in [3.63, 3.8) is 0 Å². The third-order valence-corrected chi connectivity index (χ3v) is 4.69. The fourth-order valence-corrected chi connectivity index (χ4v) is 3.36. The van der Waals surface area contributed by atoms with E-state index in [9.17, 15) is 0 Å². The molecule has 0 bridgehead atoms. The minimum absolute atomic E-state index is 0. The summed E-state index contributed by atoms with van der Waals surface area (Å²) < 4.78 is 0. The first-order valence-corrected chi connectivity index (χ1v) is 10.2. The second kappa shape index (κ2) is 15.1.